The standard InChI is InChI=1S/C32H39N/c1-4-6-8-14-22-32(23-15-9-7-5-2)27-18-12-10-17-26(27)30-28(32)21-20-25-24-16-11-13-19-29(24)33(3)31(25)30/h10-13,16-21H,4-9,14-15,22-23H2,1-3H3. The molecule has 5 rings (SSSR count). The number of aryl methyl sites for hydroxylation is 1. The summed E-state index contributed by atoms with van der Waals surface area (Å²) in [6.45, 7) is 4.63. The quantitative estimate of drug-likeness (QED) is 0.218. The number of hydrogen-bond acceptors (Lipinski definition) is 0. The molecule has 1 aliphatic rings. The summed E-state index contributed by atoms with van der Waals surface area (Å²) in [5.74, 6) is 0. The van der Waals surface area contributed by atoms with Crippen molar-refractivity contribution in [2.24, 2.45) is 7.05 Å². The lowest BCUT2D eigenvalue weighted by atomic mass is 9.70. The van der Waals surface area contributed by atoms with Gasteiger partial charge in [0, 0.05) is 34.3 Å². The van der Waals surface area contributed by atoms with Crippen molar-refractivity contribution in [1.82, 2.24) is 4.57 Å². The molecule has 0 amide bonds. The number of benzene rings is 3. The lowest BCUT2D eigenvalue weighted by Crippen LogP contribution is -2.25. The van der Waals surface area contributed by atoms with Gasteiger partial charge in [-0.15, -0.1) is 0 Å². The van der Waals surface area contributed by atoms with Crippen LogP contribution in [-0.4, -0.2) is 4.57 Å². The van der Waals surface area contributed by atoms with Crippen molar-refractivity contribution in [1.29, 1.82) is 0 Å². The van der Waals surface area contributed by atoms with E-state index in [-0.39, 0.29) is 5.41 Å². The van der Waals surface area contributed by atoms with E-state index in [9.17, 15) is 0 Å². The first-order valence-electron chi connectivity index (χ1n) is 13.3. The molecule has 0 bridgehead atoms. The predicted octanol–water partition coefficient (Wildman–Crippen LogP) is 9.54. The first-order valence-corrected chi connectivity index (χ1v) is 13.3. The summed E-state index contributed by atoms with van der Waals surface area (Å²) in [4.78, 5) is 0. The molecule has 0 saturated carbocycles. The second kappa shape index (κ2) is 9.37. The van der Waals surface area contributed by atoms with Crippen LogP contribution >= 0.6 is 0 Å². The summed E-state index contributed by atoms with van der Waals surface area (Å²) in [6.07, 6.45) is 13.2. The zero-order valence-electron chi connectivity index (χ0n) is 20.8. The number of fused-ring (bicyclic) bond motifs is 7. The molecule has 4 aromatic rings. The monoisotopic (exact) mass is 437 g/mol. The number of hydrogen-bond donors (Lipinski definition) is 0. The van der Waals surface area contributed by atoms with Crippen LogP contribution in [-0.2, 0) is 12.5 Å². The Balaban J connectivity index is 1.72. The molecule has 1 nitrogen and oxygen atoms in total. The van der Waals surface area contributed by atoms with Gasteiger partial charge >= 0.3 is 0 Å². The third kappa shape index (κ3) is 3.61. The summed E-state index contributed by atoms with van der Waals surface area (Å²) < 4.78 is 2.45. The Labute approximate surface area is 199 Å². The Hall–Kier alpha value is -2.54. The summed E-state index contributed by atoms with van der Waals surface area (Å²) >= 11 is 0. The SMILES string of the molecule is CCCCCCC1(CCCCCC)c2ccccc2-c2c1ccc1c3ccccc3n(C)c21. The molecular formula is C32H39N. The van der Waals surface area contributed by atoms with Gasteiger partial charge < -0.3 is 4.57 Å². The molecule has 1 heterocycles. The second-order valence-corrected chi connectivity index (χ2v) is 10.2. The first-order chi connectivity index (χ1) is 16.2. The minimum absolute atomic E-state index is 0.165. The molecule has 33 heavy (non-hydrogen) atoms. The van der Waals surface area contributed by atoms with Crippen molar-refractivity contribution in [3.8, 4) is 11.1 Å². The lowest BCUT2D eigenvalue weighted by Gasteiger charge is -2.33. The van der Waals surface area contributed by atoms with E-state index < -0.39 is 0 Å². The number of rotatable bonds is 10. The highest BCUT2D eigenvalue weighted by atomic mass is 14.9. The van der Waals surface area contributed by atoms with Gasteiger partial charge in [0.2, 0.25) is 0 Å². The maximum absolute atomic E-state index is 2.50. The fraction of sp³-hybridized carbons (Fsp3) is 0.438. The van der Waals surface area contributed by atoms with Crippen molar-refractivity contribution >= 4 is 21.8 Å². The summed E-state index contributed by atoms with van der Waals surface area (Å²) in [5, 5.41) is 2.77. The van der Waals surface area contributed by atoms with E-state index in [2.05, 4.69) is 86.1 Å². The Bertz CT molecular complexity index is 1250. The molecule has 0 spiro atoms. The molecule has 0 aliphatic heterocycles. The van der Waals surface area contributed by atoms with Crippen molar-refractivity contribution in [3.63, 3.8) is 0 Å². The van der Waals surface area contributed by atoms with Gasteiger partial charge in [-0.3, -0.25) is 0 Å². The Morgan fingerprint density at radius 3 is 2.03 bits per heavy atom. The van der Waals surface area contributed by atoms with Crippen LogP contribution in [0.3, 0.4) is 0 Å². The largest absolute Gasteiger partial charge is 0.343 e. The van der Waals surface area contributed by atoms with Crippen LogP contribution in [0.25, 0.3) is 32.9 Å². The molecule has 1 aliphatic carbocycles. The van der Waals surface area contributed by atoms with Crippen molar-refractivity contribution in [3.05, 3.63) is 71.8 Å². The normalized spacial score (nSPS) is 14.2. The van der Waals surface area contributed by atoms with Gasteiger partial charge in [-0.25, -0.2) is 0 Å². The molecule has 0 radical (unpaired) electrons. The van der Waals surface area contributed by atoms with Crippen LogP contribution in [0, 0.1) is 0 Å². The van der Waals surface area contributed by atoms with Crippen LogP contribution in [0.2, 0.25) is 0 Å². The molecule has 0 atom stereocenters. The molecule has 0 unspecified atom stereocenters. The Morgan fingerprint density at radius 2 is 1.30 bits per heavy atom. The molecule has 1 heteroatoms. The molecule has 172 valence electrons. The zero-order valence-corrected chi connectivity index (χ0v) is 20.8. The lowest BCUT2D eigenvalue weighted by molar-refractivity contribution is 0.401. The van der Waals surface area contributed by atoms with Crippen molar-refractivity contribution in [2.75, 3.05) is 0 Å². The zero-order chi connectivity index (χ0) is 22.8. The number of para-hydroxylation sites is 1. The third-order valence-corrected chi connectivity index (χ3v) is 8.21. The van der Waals surface area contributed by atoms with Gasteiger partial charge in [-0.05, 0) is 35.6 Å². The van der Waals surface area contributed by atoms with E-state index >= 15 is 0 Å². The van der Waals surface area contributed by atoms with E-state index in [1.807, 2.05) is 0 Å². The van der Waals surface area contributed by atoms with E-state index in [0.717, 1.165) is 0 Å². The Kier molecular flexibility index (Phi) is 6.32. The van der Waals surface area contributed by atoms with Gasteiger partial charge in [0.25, 0.3) is 0 Å². The van der Waals surface area contributed by atoms with Gasteiger partial charge in [0.05, 0.1) is 5.52 Å². The van der Waals surface area contributed by atoms with Crippen LogP contribution in [0.5, 0.6) is 0 Å². The Morgan fingerprint density at radius 1 is 0.636 bits per heavy atom. The minimum atomic E-state index is 0.165. The molecule has 1 aromatic heterocycles. The summed E-state index contributed by atoms with van der Waals surface area (Å²) in [5.41, 5.74) is 9.09. The molecule has 0 fully saturated rings. The minimum Gasteiger partial charge on any atom is -0.343 e. The molecule has 3 aromatic carbocycles. The van der Waals surface area contributed by atoms with E-state index in [0.29, 0.717) is 0 Å². The highest BCUT2D eigenvalue weighted by Crippen LogP contribution is 2.56. The predicted molar refractivity (Wildman–Crippen MR) is 144 cm³/mol. The van der Waals surface area contributed by atoms with Crippen molar-refractivity contribution in [2.45, 2.75) is 83.5 Å². The smallest absolute Gasteiger partial charge is 0.0571 e. The van der Waals surface area contributed by atoms with Crippen LogP contribution in [0.15, 0.2) is 60.7 Å². The summed E-state index contributed by atoms with van der Waals surface area (Å²) in [6, 6.07) is 23.2. The summed E-state index contributed by atoms with van der Waals surface area (Å²) in [7, 11) is 2.26. The fourth-order valence-electron chi connectivity index (χ4n) is 6.58. The van der Waals surface area contributed by atoms with E-state index in [1.54, 1.807) is 11.1 Å². The number of nitrogens with zero attached hydrogens (tertiary/aromatic N) is 1. The highest BCUT2D eigenvalue weighted by Gasteiger charge is 2.43. The highest BCUT2D eigenvalue weighted by molar-refractivity contribution is 6.14. The second-order valence-electron chi connectivity index (χ2n) is 10.2. The molecule has 0 saturated heterocycles. The first kappa shape index (κ1) is 22.3. The van der Waals surface area contributed by atoms with Gasteiger partial charge in [0.1, 0.15) is 0 Å². The average molecular weight is 438 g/mol. The van der Waals surface area contributed by atoms with Gasteiger partial charge in [-0.2, -0.15) is 0 Å². The number of unbranched alkanes of at least 4 members (excludes halogenated alkanes) is 6. The van der Waals surface area contributed by atoms with Crippen LogP contribution < -0.4 is 0 Å². The molecule has 0 N–H and O–H groups in total. The van der Waals surface area contributed by atoms with Crippen LogP contribution in [0.4, 0.5) is 0 Å². The van der Waals surface area contributed by atoms with E-state index in [4.69, 9.17) is 0 Å². The van der Waals surface area contributed by atoms with Gasteiger partial charge in [-0.1, -0.05) is 120 Å². The molecular weight excluding hydrogens is 398 g/mol. The van der Waals surface area contributed by atoms with Crippen LogP contribution in [0.1, 0.15) is 89.2 Å². The van der Waals surface area contributed by atoms with Gasteiger partial charge in [0.15, 0.2) is 0 Å². The maximum atomic E-state index is 2.50. The van der Waals surface area contributed by atoms with Crippen molar-refractivity contribution < 1.29 is 0 Å². The maximum Gasteiger partial charge on any atom is 0.0571 e. The third-order valence-electron chi connectivity index (χ3n) is 8.21. The van der Waals surface area contributed by atoms with E-state index in [1.165, 1.54) is 97.1 Å². The number of aromatic nitrogens is 1. The topological polar surface area (TPSA) is 4.93 Å². The average Bonchev–Trinajstić information content (AvgIpc) is 3.30. The fourth-order valence-corrected chi connectivity index (χ4v) is 6.58.